The predicted molar refractivity (Wildman–Crippen MR) is 64.6 cm³/mol. The Kier molecular flexibility index (Phi) is 3.65. The van der Waals surface area contributed by atoms with Crippen molar-refractivity contribution in [2.45, 2.75) is 44.7 Å². The molecule has 16 heavy (non-hydrogen) atoms. The topological polar surface area (TPSA) is 43.8 Å². The van der Waals surface area contributed by atoms with Gasteiger partial charge in [-0.05, 0) is 47.7 Å². The van der Waals surface area contributed by atoms with E-state index in [1.54, 1.807) is 0 Å². The van der Waals surface area contributed by atoms with Gasteiger partial charge in [-0.1, -0.05) is 0 Å². The molecular formula is C12H24N2O2. The standard InChI is InChI=1S/C12H24N2O2/c1-11(2,3)14-8-6-12(7-9-14,10(15)16)13(4)5/h6-9H2,1-5H3,(H,15,16). The number of rotatable bonds is 2. The first-order valence-corrected chi connectivity index (χ1v) is 5.86. The largest absolute Gasteiger partial charge is 0.480 e. The average Bonchev–Trinajstić information content (AvgIpc) is 2.15. The van der Waals surface area contributed by atoms with Crippen molar-refractivity contribution in [3.05, 3.63) is 0 Å². The highest BCUT2D eigenvalue weighted by atomic mass is 16.4. The first-order chi connectivity index (χ1) is 7.20. The molecule has 0 radical (unpaired) electrons. The molecular weight excluding hydrogens is 204 g/mol. The molecule has 1 rings (SSSR count). The summed E-state index contributed by atoms with van der Waals surface area (Å²) >= 11 is 0. The van der Waals surface area contributed by atoms with Crippen molar-refractivity contribution in [2.24, 2.45) is 0 Å². The van der Waals surface area contributed by atoms with E-state index in [2.05, 4.69) is 25.7 Å². The fourth-order valence-electron chi connectivity index (χ4n) is 2.40. The molecule has 0 aromatic rings. The molecule has 0 spiro atoms. The summed E-state index contributed by atoms with van der Waals surface area (Å²) in [5, 5.41) is 9.39. The monoisotopic (exact) mass is 228 g/mol. The third kappa shape index (κ3) is 2.38. The lowest BCUT2D eigenvalue weighted by Crippen LogP contribution is -2.60. The normalized spacial score (nSPS) is 22.4. The zero-order chi connectivity index (χ0) is 12.6. The van der Waals surface area contributed by atoms with Gasteiger partial charge in [0.05, 0.1) is 0 Å². The minimum Gasteiger partial charge on any atom is -0.480 e. The number of carboxylic acid groups (broad SMARTS) is 1. The molecule has 1 saturated heterocycles. The lowest BCUT2D eigenvalue weighted by Gasteiger charge is -2.47. The Bertz CT molecular complexity index is 261. The second-order valence-electron chi connectivity index (χ2n) is 5.89. The van der Waals surface area contributed by atoms with Gasteiger partial charge in [-0.2, -0.15) is 0 Å². The van der Waals surface area contributed by atoms with Crippen LogP contribution in [0.2, 0.25) is 0 Å². The Morgan fingerprint density at radius 3 is 1.94 bits per heavy atom. The van der Waals surface area contributed by atoms with Gasteiger partial charge < -0.3 is 5.11 Å². The van der Waals surface area contributed by atoms with Crippen LogP contribution in [0, 0.1) is 0 Å². The maximum Gasteiger partial charge on any atom is 0.324 e. The van der Waals surface area contributed by atoms with Gasteiger partial charge in [-0.15, -0.1) is 0 Å². The lowest BCUT2D eigenvalue weighted by molar-refractivity contribution is -0.154. The smallest absolute Gasteiger partial charge is 0.324 e. The maximum absolute atomic E-state index is 11.4. The van der Waals surface area contributed by atoms with E-state index in [1.165, 1.54) is 0 Å². The second-order valence-corrected chi connectivity index (χ2v) is 5.89. The molecule has 1 N–H and O–H groups in total. The minimum absolute atomic E-state index is 0.136. The van der Waals surface area contributed by atoms with Gasteiger partial charge in [-0.25, -0.2) is 0 Å². The highest BCUT2D eigenvalue weighted by Crippen LogP contribution is 2.30. The molecule has 94 valence electrons. The Balaban J connectivity index is 2.75. The van der Waals surface area contributed by atoms with E-state index < -0.39 is 11.5 Å². The number of likely N-dealkylation sites (N-methyl/N-ethyl adjacent to an activating group) is 1. The third-order valence-electron chi connectivity index (χ3n) is 3.79. The Hall–Kier alpha value is -0.610. The van der Waals surface area contributed by atoms with Gasteiger partial charge in [-0.3, -0.25) is 14.6 Å². The second kappa shape index (κ2) is 4.34. The van der Waals surface area contributed by atoms with E-state index in [4.69, 9.17) is 0 Å². The average molecular weight is 228 g/mol. The minimum atomic E-state index is -0.689. The van der Waals surface area contributed by atoms with E-state index in [0.717, 1.165) is 13.1 Å². The zero-order valence-electron chi connectivity index (χ0n) is 11.1. The summed E-state index contributed by atoms with van der Waals surface area (Å²) in [5.41, 5.74) is -0.529. The maximum atomic E-state index is 11.4. The molecule has 0 aromatic carbocycles. The first-order valence-electron chi connectivity index (χ1n) is 5.86. The van der Waals surface area contributed by atoms with Crippen molar-refractivity contribution >= 4 is 5.97 Å². The molecule has 1 aliphatic rings. The highest BCUT2D eigenvalue weighted by molar-refractivity contribution is 5.79. The molecule has 1 aliphatic heterocycles. The molecule has 0 aromatic heterocycles. The molecule has 0 atom stereocenters. The molecule has 0 unspecified atom stereocenters. The van der Waals surface area contributed by atoms with Crippen molar-refractivity contribution < 1.29 is 9.90 Å². The zero-order valence-corrected chi connectivity index (χ0v) is 11.1. The van der Waals surface area contributed by atoms with Crippen molar-refractivity contribution in [1.82, 2.24) is 9.80 Å². The van der Waals surface area contributed by atoms with Crippen LogP contribution in [0.4, 0.5) is 0 Å². The van der Waals surface area contributed by atoms with Crippen LogP contribution in [0.5, 0.6) is 0 Å². The summed E-state index contributed by atoms with van der Waals surface area (Å²) in [6, 6.07) is 0. The van der Waals surface area contributed by atoms with Crippen LogP contribution >= 0.6 is 0 Å². The number of hydrogen-bond acceptors (Lipinski definition) is 3. The van der Waals surface area contributed by atoms with E-state index in [0.29, 0.717) is 12.8 Å². The fourth-order valence-corrected chi connectivity index (χ4v) is 2.40. The number of carboxylic acids is 1. The van der Waals surface area contributed by atoms with Gasteiger partial charge in [0.2, 0.25) is 0 Å². The molecule has 0 amide bonds. The van der Waals surface area contributed by atoms with E-state index in [-0.39, 0.29) is 5.54 Å². The fraction of sp³-hybridized carbons (Fsp3) is 0.917. The SMILES string of the molecule is CN(C)C1(C(=O)O)CCN(C(C)(C)C)CC1. The lowest BCUT2D eigenvalue weighted by atomic mass is 9.84. The van der Waals surface area contributed by atoms with Crippen molar-refractivity contribution in [2.75, 3.05) is 27.2 Å². The number of hydrogen-bond donors (Lipinski definition) is 1. The van der Waals surface area contributed by atoms with Gasteiger partial charge in [0.15, 0.2) is 0 Å². The van der Waals surface area contributed by atoms with E-state index in [1.807, 2.05) is 19.0 Å². The summed E-state index contributed by atoms with van der Waals surface area (Å²) in [7, 11) is 3.72. The van der Waals surface area contributed by atoms with Crippen LogP contribution < -0.4 is 0 Å². The van der Waals surface area contributed by atoms with Crippen LogP contribution in [0.3, 0.4) is 0 Å². The first kappa shape index (κ1) is 13.5. The number of aliphatic carboxylic acids is 1. The quantitative estimate of drug-likeness (QED) is 0.773. The third-order valence-corrected chi connectivity index (χ3v) is 3.79. The Morgan fingerprint density at radius 2 is 1.69 bits per heavy atom. The van der Waals surface area contributed by atoms with Gasteiger partial charge in [0.25, 0.3) is 0 Å². The van der Waals surface area contributed by atoms with E-state index >= 15 is 0 Å². The predicted octanol–water partition coefficient (Wildman–Crippen LogP) is 1.27. The van der Waals surface area contributed by atoms with Gasteiger partial charge >= 0.3 is 5.97 Å². The number of carbonyl (C=O) groups is 1. The van der Waals surface area contributed by atoms with Crippen molar-refractivity contribution in [3.63, 3.8) is 0 Å². The van der Waals surface area contributed by atoms with Crippen molar-refractivity contribution in [1.29, 1.82) is 0 Å². The van der Waals surface area contributed by atoms with Crippen LogP contribution in [0.1, 0.15) is 33.6 Å². The summed E-state index contributed by atoms with van der Waals surface area (Å²) in [4.78, 5) is 15.6. The van der Waals surface area contributed by atoms with Crippen molar-refractivity contribution in [3.8, 4) is 0 Å². The highest BCUT2D eigenvalue weighted by Gasteiger charge is 2.44. The van der Waals surface area contributed by atoms with Gasteiger partial charge in [0, 0.05) is 18.6 Å². The van der Waals surface area contributed by atoms with Gasteiger partial charge in [0.1, 0.15) is 5.54 Å². The Morgan fingerprint density at radius 1 is 1.25 bits per heavy atom. The summed E-state index contributed by atoms with van der Waals surface area (Å²) in [6.07, 6.45) is 1.40. The van der Waals surface area contributed by atoms with Crippen LogP contribution in [-0.4, -0.2) is 59.1 Å². The Labute approximate surface area is 98.2 Å². The van der Waals surface area contributed by atoms with Crippen LogP contribution in [0.25, 0.3) is 0 Å². The number of likely N-dealkylation sites (tertiary alicyclic amines) is 1. The summed E-state index contributed by atoms with van der Waals surface area (Å²) < 4.78 is 0. The number of piperidine rings is 1. The molecule has 0 aliphatic carbocycles. The molecule has 0 saturated carbocycles. The summed E-state index contributed by atoms with van der Waals surface area (Å²) in [5.74, 6) is -0.689. The van der Waals surface area contributed by atoms with Crippen LogP contribution in [-0.2, 0) is 4.79 Å². The molecule has 0 bridgehead atoms. The van der Waals surface area contributed by atoms with E-state index in [9.17, 15) is 9.90 Å². The molecule has 4 heteroatoms. The summed E-state index contributed by atoms with van der Waals surface area (Å²) in [6.45, 7) is 8.24. The molecule has 1 heterocycles. The number of nitrogens with zero attached hydrogens (tertiary/aromatic N) is 2. The van der Waals surface area contributed by atoms with Crippen LogP contribution in [0.15, 0.2) is 0 Å². The molecule has 4 nitrogen and oxygen atoms in total. The molecule has 1 fully saturated rings.